The van der Waals surface area contributed by atoms with Crippen molar-refractivity contribution in [1.82, 2.24) is 24.9 Å². The molecule has 2 fully saturated rings. The molecule has 2 aromatic rings. The van der Waals surface area contributed by atoms with E-state index in [1.165, 1.54) is 11.1 Å². The van der Waals surface area contributed by atoms with Crippen LogP contribution in [-0.4, -0.2) is 85.6 Å². The van der Waals surface area contributed by atoms with Crippen molar-refractivity contribution in [1.29, 1.82) is 0 Å². The topological polar surface area (TPSA) is 67.2 Å². The third-order valence-corrected chi connectivity index (χ3v) is 6.34. The first-order chi connectivity index (χ1) is 15.2. The highest BCUT2D eigenvalue weighted by atomic mass is 127. The van der Waals surface area contributed by atoms with Gasteiger partial charge in [-0.1, -0.05) is 12.1 Å². The minimum Gasteiger partial charge on any atom is -0.497 e. The minimum atomic E-state index is 0. The lowest BCUT2D eigenvalue weighted by molar-refractivity contribution is 0.0169. The second-order valence-electron chi connectivity index (χ2n) is 8.24. The minimum absolute atomic E-state index is 0. The molecule has 0 bridgehead atoms. The van der Waals surface area contributed by atoms with Crippen LogP contribution < -0.4 is 10.1 Å². The number of aliphatic imine (C=N–C) groups is 1. The molecule has 9 heteroatoms. The summed E-state index contributed by atoms with van der Waals surface area (Å²) in [6, 6.07) is 8.66. The standard InChI is InChI=1S/C23H34N6O2.HI/c1-24-23(29-9-8-19(17-29)20-14-26-27(2)16-20)25-15-22(28-10-12-31-13-11-28)18-4-6-21(30-3)7-5-18;/h4-7,14,16,19,22H,8-13,15,17H2,1-3H3,(H,24,25);1H. The number of aromatic nitrogens is 2. The van der Waals surface area contributed by atoms with E-state index in [0.29, 0.717) is 5.92 Å². The number of nitrogens with zero attached hydrogens (tertiary/aromatic N) is 5. The molecule has 8 nitrogen and oxygen atoms in total. The Kier molecular flexibility index (Phi) is 9.18. The summed E-state index contributed by atoms with van der Waals surface area (Å²) in [5.74, 6) is 2.36. The van der Waals surface area contributed by atoms with Crippen molar-refractivity contribution in [3.05, 3.63) is 47.8 Å². The summed E-state index contributed by atoms with van der Waals surface area (Å²) in [6.07, 6.45) is 5.24. The molecule has 1 aromatic carbocycles. The fraction of sp³-hybridized carbons (Fsp3) is 0.565. The van der Waals surface area contributed by atoms with Gasteiger partial charge in [0.15, 0.2) is 5.96 Å². The second kappa shape index (κ2) is 11.9. The summed E-state index contributed by atoms with van der Waals surface area (Å²) < 4.78 is 12.8. The van der Waals surface area contributed by atoms with Crippen LogP contribution in [0.2, 0.25) is 0 Å². The molecule has 0 radical (unpaired) electrons. The van der Waals surface area contributed by atoms with E-state index >= 15 is 0 Å². The second-order valence-corrected chi connectivity index (χ2v) is 8.24. The molecule has 0 amide bonds. The first kappa shape index (κ1) is 24.8. The third-order valence-electron chi connectivity index (χ3n) is 6.34. The molecule has 1 aromatic heterocycles. The number of halogens is 1. The molecule has 0 saturated carbocycles. The Bertz CT molecular complexity index is 866. The zero-order valence-electron chi connectivity index (χ0n) is 19.2. The van der Waals surface area contributed by atoms with E-state index in [0.717, 1.165) is 64.1 Å². The summed E-state index contributed by atoms with van der Waals surface area (Å²) in [5, 5.41) is 7.99. The highest BCUT2D eigenvalue weighted by molar-refractivity contribution is 14.0. The maximum absolute atomic E-state index is 5.59. The van der Waals surface area contributed by atoms with E-state index in [-0.39, 0.29) is 30.0 Å². The van der Waals surface area contributed by atoms with Gasteiger partial charge >= 0.3 is 0 Å². The Morgan fingerprint density at radius 3 is 2.62 bits per heavy atom. The van der Waals surface area contributed by atoms with Crippen molar-refractivity contribution in [3.8, 4) is 5.75 Å². The highest BCUT2D eigenvalue weighted by Crippen LogP contribution is 2.27. The predicted molar refractivity (Wildman–Crippen MR) is 137 cm³/mol. The van der Waals surface area contributed by atoms with Gasteiger partial charge in [-0.2, -0.15) is 5.10 Å². The summed E-state index contributed by atoms with van der Waals surface area (Å²) >= 11 is 0. The number of hydrogen-bond donors (Lipinski definition) is 1. The summed E-state index contributed by atoms with van der Waals surface area (Å²) in [7, 11) is 5.55. The van der Waals surface area contributed by atoms with Crippen molar-refractivity contribution in [3.63, 3.8) is 0 Å². The van der Waals surface area contributed by atoms with Crippen molar-refractivity contribution in [2.24, 2.45) is 12.0 Å². The molecule has 4 rings (SSSR count). The Morgan fingerprint density at radius 2 is 2.00 bits per heavy atom. The number of guanidine groups is 1. The normalized spacial score (nSPS) is 20.7. The molecular weight excluding hydrogens is 519 g/mol. The smallest absolute Gasteiger partial charge is 0.193 e. The number of aryl methyl sites for hydroxylation is 1. The summed E-state index contributed by atoms with van der Waals surface area (Å²) in [5.41, 5.74) is 2.59. The van der Waals surface area contributed by atoms with E-state index in [1.54, 1.807) is 7.11 Å². The predicted octanol–water partition coefficient (Wildman–Crippen LogP) is 2.48. The van der Waals surface area contributed by atoms with E-state index in [2.05, 4.69) is 43.5 Å². The highest BCUT2D eigenvalue weighted by Gasteiger charge is 2.28. The molecule has 2 saturated heterocycles. The first-order valence-corrected chi connectivity index (χ1v) is 11.1. The van der Waals surface area contributed by atoms with Gasteiger partial charge in [-0.3, -0.25) is 14.6 Å². The van der Waals surface area contributed by atoms with Gasteiger partial charge in [-0.15, -0.1) is 24.0 Å². The van der Waals surface area contributed by atoms with Crippen molar-refractivity contribution >= 4 is 29.9 Å². The third kappa shape index (κ3) is 5.93. The zero-order chi connectivity index (χ0) is 21.6. The number of ether oxygens (including phenoxy) is 2. The monoisotopic (exact) mass is 554 g/mol. The lowest BCUT2D eigenvalue weighted by Crippen LogP contribution is -2.47. The lowest BCUT2D eigenvalue weighted by Gasteiger charge is -2.35. The van der Waals surface area contributed by atoms with Gasteiger partial charge in [-0.25, -0.2) is 0 Å². The van der Waals surface area contributed by atoms with Gasteiger partial charge in [0.2, 0.25) is 0 Å². The largest absolute Gasteiger partial charge is 0.497 e. The Hall–Kier alpha value is -1.85. The molecule has 0 spiro atoms. The lowest BCUT2D eigenvalue weighted by atomic mass is 10.0. The Morgan fingerprint density at radius 1 is 1.25 bits per heavy atom. The van der Waals surface area contributed by atoms with Crippen LogP contribution in [0.25, 0.3) is 0 Å². The molecule has 176 valence electrons. The van der Waals surface area contributed by atoms with Crippen molar-refractivity contribution in [2.45, 2.75) is 18.4 Å². The van der Waals surface area contributed by atoms with Crippen LogP contribution in [0, 0.1) is 0 Å². The van der Waals surface area contributed by atoms with Gasteiger partial charge in [-0.05, 0) is 29.7 Å². The number of benzene rings is 1. The van der Waals surface area contributed by atoms with Gasteiger partial charge in [0.05, 0.1) is 32.6 Å². The molecular formula is C23H35IN6O2. The maximum Gasteiger partial charge on any atom is 0.193 e. The van der Waals surface area contributed by atoms with Gasteiger partial charge in [0, 0.05) is 58.9 Å². The van der Waals surface area contributed by atoms with E-state index in [1.807, 2.05) is 37.1 Å². The van der Waals surface area contributed by atoms with Crippen LogP contribution in [0.1, 0.15) is 29.5 Å². The summed E-state index contributed by atoms with van der Waals surface area (Å²) in [4.78, 5) is 9.45. The van der Waals surface area contributed by atoms with E-state index < -0.39 is 0 Å². The molecule has 2 aliphatic rings. The fourth-order valence-electron chi connectivity index (χ4n) is 4.57. The van der Waals surface area contributed by atoms with Crippen LogP contribution in [-0.2, 0) is 11.8 Å². The van der Waals surface area contributed by atoms with Crippen LogP contribution in [0.4, 0.5) is 0 Å². The number of likely N-dealkylation sites (tertiary alicyclic amines) is 1. The van der Waals surface area contributed by atoms with E-state index in [9.17, 15) is 0 Å². The number of nitrogens with one attached hydrogen (secondary N) is 1. The SMILES string of the molecule is CN=C(NCC(c1ccc(OC)cc1)N1CCOCC1)N1CCC(c2cnn(C)c2)C1.I. The Labute approximate surface area is 208 Å². The molecule has 2 atom stereocenters. The van der Waals surface area contributed by atoms with Crippen molar-refractivity contribution < 1.29 is 9.47 Å². The average Bonchev–Trinajstić information content (AvgIpc) is 3.47. The molecule has 32 heavy (non-hydrogen) atoms. The van der Waals surface area contributed by atoms with Gasteiger partial charge in [0.1, 0.15) is 5.75 Å². The van der Waals surface area contributed by atoms with Crippen LogP contribution in [0.3, 0.4) is 0 Å². The van der Waals surface area contributed by atoms with E-state index in [4.69, 9.17) is 9.47 Å². The van der Waals surface area contributed by atoms with Crippen LogP contribution in [0.15, 0.2) is 41.7 Å². The molecule has 2 unspecified atom stereocenters. The zero-order valence-corrected chi connectivity index (χ0v) is 21.6. The number of rotatable bonds is 6. The van der Waals surface area contributed by atoms with Crippen LogP contribution >= 0.6 is 24.0 Å². The molecule has 1 N–H and O–H groups in total. The quantitative estimate of drug-likeness (QED) is 0.337. The number of methoxy groups -OCH3 is 1. The fourth-order valence-corrected chi connectivity index (χ4v) is 4.57. The van der Waals surface area contributed by atoms with Gasteiger partial charge in [0.25, 0.3) is 0 Å². The summed E-state index contributed by atoms with van der Waals surface area (Å²) in [6.45, 7) is 6.20. The average molecular weight is 554 g/mol. The van der Waals surface area contributed by atoms with Gasteiger partial charge < -0.3 is 19.7 Å². The molecule has 2 aliphatic heterocycles. The maximum atomic E-state index is 5.59. The molecule has 3 heterocycles. The van der Waals surface area contributed by atoms with Crippen molar-refractivity contribution in [2.75, 3.05) is 60.1 Å². The first-order valence-electron chi connectivity index (χ1n) is 11.1. The molecule has 0 aliphatic carbocycles. The number of hydrogen-bond acceptors (Lipinski definition) is 5. The Balaban J connectivity index is 0.00000289. The van der Waals surface area contributed by atoms with Crippen LogP contribution in [0.5, 0.6) is 5.75 Å². The number of morpholine rings is 1.